The standard InChI is InChI=1S/C23H25BrN2O3/c1-15(10-23(27)25-8-9-26(2)3)18-12-19-20(16-6-5-7-17(24)11-16)14-29-22(19)13-21(18)28-4/h5-7,10-14H,8-9H2,1-4H3,(H,25,27)/b15-10+. The van der Waals surface area contributed by atoms with Crippen LogP contribution in [0.3, 0.4) is 0 Å². The molecule has 1 amide bonds. The number of hydrogen-bond acceptors (Lipinski definition) is 4. The van der Waals surface area contributed by atoms with Crippen LogP contribution in [-0.4, -0.2) is 45.1 Å². The number of rotatable bonds is 7. The average molecular weight is 457 g/mol. The molecule has 0 saturated carbocycles. The van der Waals surface area contributed by atoms with E-state index in [0.29, 0.717) is 12.3 Å². The molecule has 0 aliphatic carbocycles. The third kappa shape index (κ3) is 5.08. The third-order valence-electron chi connectivity index (χ3n) is 4.66. The Balaban J connectivity index is 1.97. The molecular formula is C23H25BrN2O3. The van der Waals surface area contributed by atoms with E-state index in [4.69, 9.17) is 9.15 Å². The van der Waals surface area contributed by atoms with Crippen molar-refractivity contribution in [1.29, 1.82) is 0 Å². The number of likely N-dealkylation sites (N-methyl/N-ethyl adjacent to an activating group) is 1. The van der Waals surface area contributed by atoms with Crippen molar-refractivity contribution in [2.45, 2.75) is 6.92 Å². The highest BCUT2D eigenvalue weighted by atomic mass is 79.9. The molecule has 0 bridgehead atoms. The molecule has 29 heavy (non-hydrogen) atoms. The fourth-order valence-corrected chi connectivity index (χ4v) is 3.54. The van der Waals surface area contributed by atoms with Crippen LogP contribution < -0.4 is 10.1 Å². The predicted molar refractivity (Wildman–Crippen MR) is 121 cm³/mol. The highest BCUT2D eigenvalue weighted by molar-refractivity contribution is 9.10. The Kier molecular flexibility index (Phi) is 6.77. The lowest BCUT2D eigenvalue weighted by Crippen LogP contribution is -2.30. The number of nitrogens with zero attached hydrogens (tertiary/aromatic N) is 1. The molecule has 6 heteroatoms. The number of benzene rings is 2. The molecule has 0 fully saturated rings. The molecule has 1 aromatic heterocycles. The van der Waals surface area contributed by atoms with E-state index in [-0.39, 0.29) is 5.91 Å². The average Bonchev–Trinajstić information content (AvgIpc) is 3.09. The van der Waals surface area contributed by atoms with Crippen molar-refractivity contribution in [2.24, 2.45) is 0 Å². The zero-order chi connectivity index (χ0) is 21.0. The van der Waals surface area contributed by atoms with E-state index in [2.05, 4.69) is 27.3 Å². The summed E-state index contributed by atoms with van der Waals surface area (Å²) in [6.07, 6.45) is 3.36. The number of amides is 1. The Morgan fingerprint density at radius 3 is 2.76 bits per heavy atom. The van der Waals surface area contributed by atoms with Gasteiger partial charge in [-0.15, -0.1) is 0 Å². The van der Waals surface area contributed by atoms with Crippen LogP contribution in [0.5, 0.6) is 5.75 Å². The summed E-state index contributed by atoms with van der Waals surface area (Å²) in [7, 11) is 5.56. The van der Waals surface area contributed by atoms with E-state index in [1.165, 1.54) is 0 Å². The van der Waals surface area contributed by atoms with Gasteiger partial charge in [0.15, 0.2) is 0 Å². The lowest BCUT2D eigenvalue weighted by atomic mass is 9.99. The van der Waals surface area contributed by atoms with E-state index >= 15 is 0 Å². The summed E-state index contributed by atoms with van der Waals surface area (Å²) < 4.78 is 12.3. The maximum absolute atomic E-state index is 12.3. The van der Waals surface area contributed by atoms with Gasteiger partial charge in [0.1, 0.15) is 11.3 Å². The minimum atomic E-state index is -0.120. The summed E-state index contributed by atoms with van der Waals surface area (Å²) in [4.78, 5) is 14.3. The first kappa shape index (κ1) is 21.1. The molecule has 0 aliphatic heterocycles. The predicted octanol–water partition coefficient (Wildman–Crippen LogP) is 4.95. The van der Waals surface area contributed by atoms with Crippen LogP contribution in [0, 0.1) is 0 Å². The van der Waals surface area contributed by atoms with Gasteiger partial charge in [-0.1, -0.05) is 28.1 Å². The molecule has 0 unspecified atom stereocenters. The molecule has 0 aliphatic rings. The minimum absolute atomic E-state index is 0.120. The van der Waals surface area contributed by atoms with Crippen molar-refractivity contribution >= 4 is 38.4 Å². The number of methoxy groups -OCH3 is 1. The fraction of sp³-hybridized carbons (Fsp3) is 0.261. The van der Waals surface area contributed by atoms with E-state index in [1.807, 2.05) is 56.3 Å². The molecule has 3 aromatic rings. The Labute approximate surface area is 179 Å². The molecule has 1 heterocycles. The van der Waals surface area contributed by atoms with Gasteiger partial charge in [0.25, 0.3) is 0 Å². The van der Waals surface area contributed by atoms with Crippen LogP contribution in [0.2, 0.25) is 0 Å². The van der Waals surface area contributed by atoms with Crippen LogP contribution in [0.15, 0.2) is 57.6 Å². The first-order valence-electron chi connectivity index (χ1n) is 9.35. The molecule has 0 radical (unpaired) electrons. The van der Waals surface area contributed by atoms with Gasteiger partial charge in [-0.05, 0) is 50.4 Å². The van der Waals surface area contributed by atoms with Gasteiger partial charge < -0.3 is 19.4 Å². The van der Waals surface area contributed by atoms with Crippen molar-refractivity contribution in [3.8, 4) is 16.9 Å². The van der Waals surface area contributed by atoms with Crippen molar-refractivity contribution in [3.05, 3.63) is 58.8 Å². The van der Waals surface area contributed by atoms with Crippen molar-refractivity contribution in [3.63, 3.8) is 0 Å². The zero-order valence-corrected chi connectivity index (χ0v) is 18.7. The normalized spacial score (nSPS) is 11.9. The van der Waals surface area contributed by atoms with Crippen LogP contribution >= 0.6 is 15.9 Å². The van der Waals surface area contributed by atoms with E-state index in [9.17, 15) is 4.79 Å². The van der Waals surface area contributed by atoms with E-state index in [1.54, 1.807) is 19.4 Å². The molecule has 0 spiro atoms. The summed E-state index contributed by atoms with van der Waals surface area (Å²) >= 11 is 3.52. The Bertz CT molecular complexity index is 1050. The maximum Gasteiger partial charge on any atom is 0.244 e. The second-order valence-corrected chi connectivity index (χ2v) is 8.05. The fourth-order valence-electron chi connectivity index (χ4n) is 3.14. The van der Waals surface area contributed by atoms with Gasteiger partial charge in [-0.25, -0.2) is 0 Å². The number of ether oxygens (including phenoxy) is 1. The number of carbonyl (C=O) groups is 1. The third-order valence-corrected chi connectivity index (χ3v) is 5.16. The van der Waals surface area contributed by atoms with Gasteiger partial charge in [0.2, 0.25) is 5.91 Å². The SMILES string of the molecule is COc1cc2occ(-c3cccc(Br)c3)c2cc1/C(C)=C/C(=O)NCCN(C)C. The maximum atomic E-state index is 12.3. The van der Waals surface area contributed by atoms with Gasteiger partial charge in [0.05, 0.1) is 13.4 Å². The molecule has 0 saturated heterocycles. The van der Waals surface area contributed by atoms with Crippen LogP contribution in [0.4, 0.5) is 0 Å². The smallest absolute Gasteiger partial charge is 0.244 e. The molecule has 0 atom stereocenters. The summed E-state index contributed by atoms with van der Waals surface area (Å²) in [5.41, 5.74) is 4.47. The number of halogens is 1. The summed E-state index contributed by atoms with van der Waals surface area (Å²) in [5.74, 6) is 0.549. The first-order valence-corrected chi connectivity index (χ1v) is 10.1. The zero-order valence-electron chi connectivity index (χ0n) is 17.1. The number of nitrogens with one attached hydrogen (secondary N) is 1. The summed E-state index contributed by atoms with van der Waals surface area (Å²) in [5, 5.41) is 3.88. The van der Waals surface area contributed by atoms with Crippen LogP contribution in [0.25, 0.3) is 27.7 Å². The van der Waals surface area contributed by atoms with Crippen molar-refractivity contribution in [1.82, 2.24) is 10.2 Å². The van der Waals surface area contributed by atoms with Crippen LogP contribution in [0.1, 0.15) is 12.5 Å². The Morgan fingerprint density at radius 2 is 2.07 bits per heavy atom. The number of hydrogen-bond donors (Lipinski definition) is 1. The molecule has 5 nitrogen and oxygen atoms in total. The van der Waals surface area contributed by atoms with Crippen molar-refractivity contribution < 1.29 is 13.9 Å². The highest BCUT2D eigenvalue weighted by Crippen LogP contribution is 2.37. The van der Waals surface area contributed by atoms with Crippen LogP contribution in [-0.2, 0) is 4.79 Å². The Morgan fingerprint density at radius 1 is 1.28 bits per heavy atom. The molecular weight excluding hydrogens is 432 g/mol. The number of allylic oxidation sites excluding steroid dienone is 1. The van der Waals surface area contributed by atoms with Crippen molar-refractivity contribution in [2.75, 3.05) is 34.3 Å². The topological polar surface area (TPSA) is 54.7 Å². The number of furan rings is 1. The van der Waals surface area contributed by atoms with E-state index in [0.717, 1.165) is 44.3 Å². The lowest BCUT2D eigenvalue weighted by molar-refractivity contribution is -0.116. The second kappa shape index (κ2) is 9.29. The summed E-state index contributed by atoms with van der Waals surface area (Å²) in [6.45, 7) is 3.30. The second-order valence-electron chi connectivity index (χ2n) is 7.13. The Hall–Kier alpha value is -2.57. The van der Waals surface area contributed by atoms with Gasteiger partial charge in [-0.2, -0.15) is 0 Å². The monoisotopic (exact) mass is 456 g/mol. The largest absolute Gasteiger partial charge is 0.496 e. The summed E-state index contributed by atoms with van der Waals surface area (Å²) in [6, 6.07) is 12.0. The highest BCUT2D eigenvalue weighted by Gasteiger charge is 2.15. The van der Waals surface area contributed by atoms with Gasteiger partial charge >= 0.3 is 0 Å². The van der Waals surface area contributed by atoms with E-state index < -0.39 is 0 Å². The van der Waals surface area contributed by atoms with Gasteiger partial charge in [-0.3, -0.25) is 4.79 Å². The minimum Gasteiger partial charge on any atom is -0.496 e. The lowest BCUT2D eigenvalue weighted by Gasteiger charge is -2.11. The quantitative estimate of drug-likeness (QED) is 0.510. The molecule has 152 valence electrons. The molecule has 1 N–H and O–H groups in total. The number of fused-ring (bicyclic) bond motifs is 1. The number of carbonyl (C=O) groups excluding carboxylic acids is 1. The molecule has 3 rings (SSSR count). The first-order chi connectivity index (χ1) is 13.9. The van der Waals surface area contributed by atoms with Gasteiger partial charge in [0, 0.05) is 46.2 Å². The molecule has 2 aromatic carbocycles.